The van der Waals surface area contributed by atoms with Gasteiger partial charge in [-0.1, -0.05) is 6.07 Å². The molecule has 0 fully saturated rings. The number of nitrogens with zero attached hydrogens (tertiary/aromatic N) is 5. The summed E-state index contributed by atoms with van der Waals surface area (Å²) in [6.45, 7) is 4.64. The fourth-order valence-electron chi connectivity index (χ4n) is 3.26. The second-order valence-electron chi connectivity index (χ2n) is 7.25. The van der Waals surface area contributed by atoms with E-state index in [0.29, 0.717) is 35.6 Å². The van der Waals surface area contributed by atoms with Gasteiger partial charge in [-0.25, -0.2) is 9.67 Å². The number of fused-ring (bicyclic) bond motifs is 1. The first-order valence-electron chi connectivity index (χ1n) is 9.62. The van der Waals surface area contributed by atoms with Crippen molar-refractivity contribution in [2.75, 3.05) is 13.6 Å². The SMILES string of the molecule is CC(C)n1ncc2c(C(=O)N(C)CCc3ccccn3)cc(-c3ccco3)nc21. The van der Waals surface area contributed by atoms with Gasteiger partial charge in [-0.2, -0.15) is 5.10 Å². The zero-order valence-electron chi connectivity index (χ0n) is 16.7. The zero-order valence-corrected chi connectivity index (χ0v) is 16.7. The van der Waals surface area contributed by atoms with Crippen LogP contribution in [0.1, 0.15) is 35.9 Å². The first kappa shape index (κ1) is 18.9. The predicted molar refractivity (Wildman–Crippen MR) is 111 cm³/mol. The first-order valence-corrected chi connectivity index (χ1v) is 9.62. The van der Waals surface area contributed by atoms with E-state index in [1.54, 1.807) is 42.7 Å². The summed E-state index contributed by atoms with van der Waals surface area (Å²) in [4.78, 5) is 24.1. The maximum Gasteiger partial charge on any atom is 0.254 e. The monoisotopic (exact) mass is 389 g/mol. The third-order valence-corrected chi connectivity index (χ3v) is 4.84. The van der Waals surface area contributed by atoms with Gasteiger partial charge in [0, 0.05) is 37.9 Å². The third kappa shape index (κ3) is 3.76. The average Bonchev–Trinajstić information content (AvgIpc) is 3.41. The molecule has 4 aromatic rings. The van der Waals surface area contributed by atoms with Crippen molar-refractivity contribution in [3.05, 3.63) is 66.3 Å². The molecule has 1 amide bonds. The van der Waals surface area contributed by atoms with E-state index in [-0.39, 0.29) is 11.9 Å². The zero-order chi connectivity index (χ0) is 20.4. The van der Waals surface area contributed by atoms with Crippen LogP contribution in [0.15, 0.2) is 59.5 Å². The summed E-state index contributed by atoms with van der Waals surface area (Å²) in [7, 11) is 1.80. The summed E-state index contributed by atoms with van der Waals surface area (Å²) in [6.07, 6.45) is 5.77. The van der Waals surface area contributed by atoms with E-state index < -0.39 is 0 Å². The van der Waals surface area contributed by atoms with Gasteiger partial charge < -0.3 is 9.32 Å². The highest BCUT2D eigenvalue weighted by molar-refractivity contribution is 6.06. The van der Waals surface area contributed by atoms with Crippen LogP contribution in [0.4, 0.5) is 0 Å². The number of carbonyl (C=O) groups excluding carboxylic acids is 1. The lowest BCUT2D eigenvalue weighted by molar-refractivity contribution is 0.0798. The van der Waals surface area contributed by atoms with Crippen molar-refractivity contribution in [2.24, 2.45) is 0 Å². The normalized spacial score (nSPS) is 11.3. The number of pyridine rings is 2. The van der Waals surface area contributed by atoms with E-state index in [0.717, 1.165) is 11.1 Å². The Morgan fingerprint density at radius 1 is 1.24 bits per heavy atom. The number of likely N-dealkylation sites (N-methyl/N-ethyl adjacent to an activating group) is 1. The predicted octanol–water partition coefficient (Wildman–Crippen LogP) is 3.98. The molecule has 0 N–H and O–H groups in total. The van der Waals surface area contributed by atoms with Gasteiger partial charge in [-0.05, 0) is 44.2 Å². The minimum Gasteiger partial charge on any atom is -0.463 e. The Balaban J connectivity index is 1.70. The number of hydrogen-bond acceptors (Lipinski definition) is 5. The molecule has 0 aromatic carbocycles. The first-order chi connectivity index (χ1) is 14.0. The van der Waals surface area contributed by atoms with Crippen LogP contribution < -0.4 is 0 Å². The number of hydrogen-bond donors (Lipinski definition) is 0. The van der Waals surface area contributed by atoms with Crippen LogP contribution in [0, 0.1) is 0 Å². The number of rotatable bonds is 6. The van der Waals surface area contributed by atoms with Gasteiger partial charge in [0.1, 0.15) is 5.69 Å². The Morgan fingerprint density at radius 3 is 2.79 bits per heavy atom. The minimum absolute atomic E-state index is 0.0792. The number of carbonyl (C=O) groups is 1. The molecule has 148 valence electrons. The summed E-state index contributed by atoms with van der Waals surface area (Å²) in [5.41, 5.74) is 2.81. The Morgan fingerprint density at radius 2 is 2.10 bits per heavy atom. The second kappa shape index (κ2) is 7.87. The Kier molecular flexibility index (Phi) is 5.12. The summed E-state index contributed by atoms with van der Waals surface area (Å²) < 4.78 is 7.35. The van der Waals surface area contributed by atoms with Crippen LogP contribution >= 0.6 is 0 Å². The third-order valence-electron chi connectivity index (χ3n) is 4.84. The van der Waals surface area contributed by atoms with Crippen LogP contribution in [0.5, 0.6) is 0 Å². The molecule has 0 aliphatic rings. The van der Waals surface area contributed by atoms with Gasteiger partial charge in [-0.3, -0.25) is 9.78 Å². The molecule has 4 rings (SSSR count). The van der Waals surface area contributed by atoms with Crippen molar-refractivity contribution >= 4 is 16.9 Å². The van der Waals surface area contributed by atoms with Crippen molar-refractivity contribution in [1.29, 1.82) is 0 Å². The van der Waals surface area contributed by atoms with Crippen molar-refractivity contribution in [2.45, 2.75) is 26.3 Å². The maximum atomic E-state index is 13.3. The maximum absolute atomic E-state index is 13.3. The van der Waals surface area contributed by atoms with E-state index in [2.05, 4.69) is 10.1 Å². The van der Waals surface area contributed by atoms with Crippen molar-refractivity contribution in [1.82, 2.24) is 24.6 Å². The smallest absolute Gasteiger partial charge is 0.254 e. The molecule has 0 atom stereocenters. The van der Waals surface area contributed by atoms with E-state index in [9.17, 15) is 4.79 Å². The molecule has 0 aliphatic carbocycles. The standard InChI is InChI=1S/C22H23N5O2/c1-15(2)27-21-18(14-24-27)17(13-19(25-21)20-8-6-12-29-20)22(28)26(3)11-9-16-7-4-5-10-23-16/h4-8,10,12-15H,9,11H2,1-3H3. The van der Waals surface area contributed by atoms with Crippen LogP contribution in [0.3, 0.4) is 0 Å². The Hall–Kier alpha value is -3.48. The number of aromatic nitrogens is 4. The molecule has 0 saturated carbocycles. The number of amides is 1. The highest BCUT2D eigenvalue weighted by atomic mass is 16.3. The average molecular weight is 389 g/mol. The van der Waals surface area contributed by atoms with Crippen molar-refractivity contribution in [3.63, 3.8) is 0 Å². The molecule has 29 heavy (non-hydrogen) atoms. The summed E-state index contributed by atoms with van der Waals surface area (Å²) >= 11 is 0. The highest BCUT2D eigenvalue weighted by Gasteiger charge is 2.21. The van der Waals surface area contributed by atoms with Crippen LogP contribution in [-0.4, -0.2) is 44.1 Å². The van der Waals surface area contributed by atoms with Gasteiger partial charge in [0.05, 0.1) is 23.4 Å². The molecular formula is C22H23N5O2. The van der Waals surface area contributed by atoms with Crippen molar-refractivity contribution < 1.29 is 9.21 Å². The Bertz CT molecular complexity index is 1120. The lowest BCUT2D eigenvalue weighted by Crippen LogP contribution is -2.29. The van der Waals surface area contributed by atoms with Gasteiger partial charge in [-0.15, -0.1) is 0 Å². The summed E-state index contributed by atoms with van der Waals surface area (Å²) in [6, 6.07) is 11.3. The highest BCUT2D eigenvalue weighted by Crippen LogP contribution is 2.27. The van der Waals surface area contributed by atoms with Crippen LogP contribution in [0.2, 0.25) is 0 Å². The lowest BCUT2D eigenvalue weighted by Gasteiger charge is -2.18. The summed E-state index contributed by atoms with van der Waals surface area (Å²) in [5, 5.41) is 5.20. The van der Waals surface area contributed by atoms with Gasteiger partial charge in [0.15, 0.2) is 11.4 Å². The molecular weight excluding hydrogens is 366 g/mol. The molecule has 4 heterocycles. The molecule has 7 nitrogen and oxygen atoms in total. The van der Waals surface area contributed by atoms with E-state index >= 15 is 0 Å². The fourth-order valence-corrected chi connectivity index (χ4v) is 3.26. The second-order valence-corrected chi connectivity index (χ2v) is 7.25. The van der Waals surface area contributed by atoms with Crippen molar-refractivity contribution in [3.8, 4) is 11.5 Å². The molecule has 0 radical (unpaired) electrons. The van der Waals surface area contributed by atoms with E-state index in [4.69, 9.17) is 9.40 Å². The quantitative estimate of drug-likeness (QED) is 0.498. The molecule has 0 bridgehead atoms. The molecule has 0 saturated heterocycles. The Labute approximate surface area is 169 Å². The molecule has 7 heteroatoms. The van der Waals surface area contributed by atoms with Crippen LogP contribution in [-0.2, 0) is 6.42 Å². The van der Waals surface area contributed by atoms with E-state index in [1.807, 2.05) is 42.8 Å². The summed E-state index contributed by atoms with van der Waals surface area (Å²) in [5.74, 6) is 0.540. The molecule has 4 aromatic heterocycles. The molecule has 0 spiro atoms. The minimum atomic E-state index is -0.0792. The largest absolute Gasteiger partial charge is 0.463 e. The van der Waals surface area contributed by atoms with Gasteiger partial charge in [0.2, 0.25) is 0 Å². The fraction of sp³-hybridized carbons (Fsp3) is 0.273. The lowest BCUT2D eigenvalue weighted by atomic mass is 10.1. The number of furan rings is 1. The van der Waals surface area contributed by atoms with E-state index in [1.165, 1.54) is 0 Å². The van der Waals surface area contributed by atoms with Gasteiger partial charge in [0.25, 0.3) is 5.91 Å². The molecule has 0 aliphatic heterocycles. The topological polar surface area (TPSA) is 77.0 Å². The van der Waals surface area contributed by atoms with Gasteiger partial charge >= 0.3 is 0 Å². The van der Waals surface area contributed by atoms with Crippen LogP contribution in [0.25, 0.3) is 22.5 Å². The molecule has 0 unspecified atom stereocenters.